The lowest BCUT2D eigenvalue weighted by Gasteiger charge is -2.05. The normalized spacial score (nSPS) is 11.2. The van der Waals surface area contributed by atoms with Gasteiger partial charge < -0.3 is 9.73 Å². The molecule has 1 aromatic carbocycles. The molecule has 0 fully saturated rings. The number of amides is 1. The number of nitrogens with zero attached hydrogens (tertiary/aromatic N) is 2. The van der Waals surface area contributed by atoms with Gasteiger partial charge in [-0.05, 0) is 24.1 Å². The molecule has 0 saturated carbocycles. The summed E-state index contributed by atoms with van der Waals surface area (Å²) in [6.07, 6.45) is 1.49. The highest BCUT2D eigenvalue weighted by molar-refractivity contribution is 5.91. The van der Waals surface area contributed by atoms with Crippen molar-refractivity contribution in [2.24, 2.45) is 5.92 Å². The molecule has 0 aliphatic carbocycles. The topological polar surface area (TPSA) is 60.1 Å². The van der Waals surface area contributed by atoms with E-state index in [1.165, 1.54) is 6.26 Å². The van der Waals surface area contributed by atoms with Gasteiger partial charge in [-0.1, -0.05) is 32.0 Å². The average molecular weight is 297 g/mol. The highest BCUT2D eigenvalue weighted by Gasteiger charge is 2.13. The summed E-state index contributed by atoms with van der Waals surface area (Å²) in [6, 6.07) is 11.4. The predicted molar refractivity (Wildman–Crippen MR) is 84.4 cm³/mol. The molecule has 3 aromatic rings. The van der Waals surface area contributed by atoms with E-state index in [-0.39, 0.29) is 5.91 Å². The third kappa shape index (κ3) is 2.88. The monoisotopic (exact) mass is 297 g/mol. The van der Waals surface area contributed by atoms with Crippen molar-refractivity contribution in [3.8, 4) is 0 Å². The van der Waals surface area contributed by atoms with E-state index in [4.69, 9.17) is 4.42 Å². The summed E-state index contributed by atoms with van der Waals surface area (Å²) in [5.74, 6) is 0.590. The lowest BCUT2D eigenvalue weighted by atomic mass is 10.2. The maximum atomic E-state index is 12.0. The Kier molecular flexibility index (Phi) is 3.96. The summed E-state index contributed by atoms with van der Waals surface area (Å²) >= 11 is 0. The fourth-order valence-electron chi connectivity index (χ4n) is 2.47. The average Bonchev–Trinajstić information content (AvgIpc) is 3.13. The highest BCUT2D eigenvalue weighted by atomic mass is 16.3. The second-order valence-corrected chi connectivity index (χ2v) is 5.70. The lowest BCUT2D eigenvalue weighted by Crippen LogP contribution is -2.22. The predicted octanol–water partition coefficient (Wildman–Crippen LogP) is 3.22. The van der Waals surface area contributed by atoms with Crippen molar-refractivity contribution < 1.29 is 9.21 Å². The molecular formula is C17H19N3O2. The molecule has 2 aromatic heterocycles. The maximum Gasteiger partial charge on any atom is 0.287 e. The minimum absolute atomic E-state index is 0.229. The van der Waals surface area contributed by atoms with Crippen molar-refractivity contribution in [1.82, 2.24) is 15.1 Å². The van der Waals surface area contributed by atoms with E-state index in [2.05, 4.69) is 30.3 Å². The number of para-hydroxylation sites is 1. The van der Waals surface area contributed by atoms with Crippen LogP contribution in [0.5, 0.6) is 0 Å². The molecule has 0 atom stereocenters. The number of furan rings is 1. The van der Waals surface area contributed by atoms with Crippen LogP contribution in [0.15, 0.2) is 47.1 Å². The number of carbonyl (C=O) groups is 1. The van der Waals surface area contributed by atoms with Crippen molar-refractivity contribution >= 4 is 16.8 Å². The van der Waals surface area contributed by atoms with Crippen LogP contribution in [0.3, 0.4) is 0 Å². The van der Waals surface area contributed by atoms with Crippen LogP contribution in [0.1, 0.15) is 30.1 Å². The standard InChI is InChI=1S/C17H19N3O2/c1-12(2)11-20-15-7-4-3-6-13(15)14(19-20)10-18-17(21)16-8-5-9-22-16/h3-9,12H,10-11H2,1-2H3,(H,18,21). The Morgan fingerprint density at radius 2 is 2.09 bits per heavy atom. The van der Waals surface area contributed by atoms with Crippen LogP contribution in [0.25, 0.3) is 10.9 Å². The van der Waals surface area contributed by atoms with Gasteiger partial charge in [0.15, 0.2) is 5.76 Å². The van der Waals surface area contributed by atoms with Crippen LogP contribution < -0.4 is 5.32 Å². The van der Waals surface area contributed by atoms with E-state index in [1.807, 2.05) is 22.9 Å². The van der Waals surface area contributed by atoms with Crippen molar-refractivity contribution in [2.45, 2.75) is 26.9 Å². The number of hydrogen-bond donors (Lipinski definition) is 1. The number of carbonyl (C=O) groups excluding carboxylic acids is 1. The Morgan fingerprint density at radius 1 is 1.27 bits per heavy atom. The zero-order valence-corrected chi connectivity index (χ0v) is 12.7. The van der Waals surface area contributed by atoms with Crippen LogP contribution in [0.4, 0.5) is 0 Å². The van der Waals surface area contributed by atoms with Gasteiger partial charge in [-0.15, -0.1) is 0 Å². The second-order valence-electron chi connectivity index (χ2n) is 5.70. The summed E-state index contributed by atoms with van der Waals surface area (Å²) in [5, 5.41) is 8.58. The fraction of sp³-hybridized carbons (Fsp3) is 0.294. The van der Waals surface area contributed by atoms with Gasteiger partial charge in [0.05, 0.1) is 24.0 Å². The first-order chi connectivity index (χ1) is 10.6. The zero-order valence-electron chi connectivity index (χ0n) is 12.7. The maximum absolute atomic E-state index is 12.0. The SMILES string of the molecule is CC(C)Cn1nc(CNC(=O)c2ccco2)c2ccccc21. The van der Waals surface area contributed by atoms with E-state index in [0.717, 1.165) is 23.1 Å². The first-order valence-electron chi connectivity index (χ1n) is 7.41. The van der Waals surface area contributed by atoms with Crippen molar-refractivity contribution in [2.75, 3.05) is 0 Å². The van der Waals surface area contributed by atoms with Gasteiger partial charge in [-0.3, -0.25) is 9.48 Å². The van der Waals surface area contributed by atoms with Crippen molar-refractivity contribution in [3.63, 3.8) is 0 Å². The lowest BCUT2D eigenvalue weighted by molar-refractivity contribution is 0.0922. The smallest absolute Gasteiger partial charge is 0.287 e. The molecule has 2 heterocycles. The molecule has 0 saturated heterocycles. The third-order valence-electron chi connectivity index (χ3n) is 3.43. The van der Waals surface area contributed by atoms with Crippen LogP contribution in [0.2, 0.25) is 0 Å². The number of fused-ring (bicyclic) bond motifs is 1. The number of benzene rings is 1. The van der Waals surface area contributed by atoms with Gasteiger partial charge in [0, 0.05) is 11.9 Å². The molecule has 0 spiro atoms. The highest BCUT2D eigenvalue weighted by Crippen LogP contribution is 2.19. The molecule has 5 nitrogen and oxygen atoms in total. The van der Waals surface area contributed by atoms with Gasteiger partial charge in [0.25, 0.3) is 5.91 Å². The quantitative estimate of drug-likeness (QED) is 0.786. The first-order valence-corrected chi connectivity index (χ1v) is 7.41. The Morgan fingerprint density at radius 3 is 2.82 bits per heavy atom. The molecule has 0 radical (unpaired) electrons. The van der Waals surface area contributed by atoms with E-state index < -0.39 is 0 Å². The molecule has 5 heteroatoms. The van der Waals surface area contributed by atoms with Gasteiger partial charge in [-0.25, -0.2) is 0 Å². The van der Waals surface area contributed by atoms with Crippen molar-refractivity contribution in [3.05, 3.63) is 54.1 Å². The Balaban J connectivity index is 1.83. The minimum Gasteiger partial charge on any atom is -0.459 e. The van der Waals surface area contributed by atoms with E-state index in [0.29, 0.717) is 18.2 Å². The van der Waals surface area contributed by atoms with Gasteiger partial charge in [0.1, 0.15) is 0 Å². The molecule has 1 amide bonds. The van der Waals surface area contributed by atoms with Crippen LogP contribution in [-0.2, 0) is 13.1 Å². The van der Waals surface area contributed by atoms with E-state index in [1.54, 1.807) is 12.1 Å². The molecule has 22 heavy (non-hydrogen) atoms. The van der Waals surface area contributed by atoms with Crippen molar-refractivity contribution in [1.29, 1.82) is 0 Å². The van der Waals surface area contributed by atoms with E-state index >= 15 is 0 Å². The van der Waals surface area contributed by atoms with Crippen LogP contribution in [-0.4, -0.2) is 15.7 Å². The summed E-state index contributed by atoms with van der Waals surface area (Å²) in [5.41, 5.74) is 1.97. The molecule has 1 N–H and O–H groups in total. The van der Waals surface area contributed by atoms with Crippen LogP contribution >= 0.6 is 0 Å². The van der Waals surface area contributed by atoms with E-state index in [9.17, 15) is 4.79 Å². The zero-order chi connectivity index (χ0) is 15.5. The molecule has 0 aliphatic heterocycles. The number of rotatable bonds is 5. The number of hydrogen-bond acceptors (Lipinski definition) is 3. The molecule has 3 rings (SSSR count). The summed E-state index contributed by atoms with van der Waals surface area (Å²) in [4.78, 5) is 12.0. The number of nitrogens with one attached hydrogen (secondary N) is 1. The fourth-order valence-corrected chi connectivity index (χ4v) is 2.47. The molecule has 0 aliphatic rings. The largest absolute Gasteiger partial charge is 0.459 e. The van der Waals surface area contributed by atoms with Gasteiger partial charge >= 0.3 is 0 Å². The molecular weight excluding hydrogens is 278 g/mol. The Hall–Kier alpha value is -2.56. The molecule has 0 bridgehead atoms. The second kappa shape index (κ2) is 6.05. The van der Waals surface area contributed by atoms with Gasteiger partial charge in [0.2, 0.25) is 0 Å². The Bertz CT molecular complexity index is 772. The summed E-state index contributed by atoms with van der Waals surface area (Å²) in [6.45, 7) is 5.56. The summed E-state index contributed by atoms with van der Waals surface area (Å²) in [7, 11) is 0. The van der Waals surface area contributed by atoms with Gasteiger partial charge in [-0.2, -0.15) is 5.10 Å². The summed E-state index contributed by atoms with van der Waals surface area (Å²) < 4.78 is 7.10. The minimum atomic E-state index is -0.229. The van der Waals surface area contributed by atoms with Crippen LogP contribution in [0, 0.1) is 5.92 Å². The molecule has 114 valence electrons. The first kappa shape index (κ1) is 14.4. The molecule has 0 unspecified atom stereocenters. The third-order valence-corrected chi connectivity index (χ3v) is 3.43. The Labute approximate surface area is 128 Å². The number of aromatic nitrogens is 2.